The van der Waals surface area contributed by atoms with E-state index in [4.69, 9.17) is 0 Å². The summed E-state index contributed by atoms with van der Waals surface area (Å²) >= 11 is 0. The summed E-state index contributed by atoms with van der Waals surface area (Å²) in [4.78, 5) is 26.4. The Morgan fingerprint density at radius 3 is 2.38 bits per heavy atom. The maximum atomic E-state index is 13.3. The van der Waals surface area contributed by atoms with Gasteiger partial charge in [-0.25, -0.2) is 4.39 Å². The van der Waals surface area contributed by atoms with Crippen LogP contribution < -0.4 is 0 Å². The molecule has 1 aliphatic heterocycles. The Morgan fingerprint density at radius 1 is 1.21 bits per heavy atom. The molecule has 0 aromatic heterocycles. The number of hydrogen-bond donors (Lipinski definition) is 1. The van der Waals surface area contributed by atoms with Crippen LogP contribution in [0.4, 0.5) is 4.39 Å². The van der Waals surface area contributed by atoms with Crippen molar-refractivity contribution in [1.29, 1.82) is 0 Å². The number of carbonyl (C=O) groups excluding carboxylic acids is 1. The zero-order chi connectivity index (χ0) is 17.3. The average molecular weight is 333 g/mol. The van der Waals surface area contributed by atoms with Crippen LogP contribution in [0.25, 0.3) is 0 Å². The van der Waals surface area contributed by atoms with E-state index < -0.39 is 11.4 Å². The van der Waals surface area contributed by atoms with Gasteiger partial charge in [0.1, 0.15) is 5.82 Å². The summed E-state index contributed by atoms with van der Waals surface area (Å²) in [6, 6.07) is 6.29. The molecule has 1 amide bonds. The Balaban J connectivity index is 1.83. The topological polar surface area (TPSA) is 57.6 Å². The molecule has 0 radical (unpaired) electrons. The van der Waals surface area contributed by atoms with Crippen molar-refractivity contribution < 1.29 is 19.1 Å². The van der Waals surface area contributed by atoms with Crippen LogP contribution in [0.2, 0.25) is 0 Å². The molecule has 2 fully saturated rings. The van der Waals surface area contributed by atoms with E-state index in [9.17, 15) is 19.1 Å². The van der Waals surface area contributed by atoms with Crippen LogP contribution in [0.1, 0.15) is 44.6 Å². The number of halogens is 1. The number of hydrogen-bond acceptors (Lipinski definition) is 2. The van der Waals surface area contributed by atoms with Gasteiger partial charge in [0.05, 0.1) is 11.3 Å². The number of amides is 1. The molecule has 1 N–H and O–H groups in total. The molecule has 1 heterocycles. The van der Waals surface area contributed by atoms with Crippen LogP contribution in [0.5, 0.6) is 0 Å². The largest absolute Gasteiger partial charge is 0.481 e. The first-order valence-electron chi connectivity index (χ1n) is 8.72. The Morgan fingerprint density at radius 2 is 1.83 bits per heavy atom. The van der Waals surface area contributed by atoms with Gasteiger partial charge in [0.15, 0.2) is 0 Å². The van der Waals surface area contributed by atoms with Gasteiger partial charge in [-0.2, -0.15) is 0 Å². The molecule has 3 rings (SSSR count). The summed E-state index contributed by atoms with van der Waals surface area (Å²) < 4.78 is 13.3. The molecule has 2 atom stereocenters. The van der Waals surface area contributed by atoms with E-state index in [1.54, 1.807) is 12.1 Å². The molecule has 1 saturated carbocycles. The second-order valence-corrected chi connectivity index (χ2v) is 7.26. The van der Waals surface area contributed by atoms with Gasteiger partial charge in [-0.3, -0.25) is 9.59 Å². The number of nitrogens with zero attached hydrogens (tertiary/aromatic N) is 1. The molecule has 1 aliphatic carbocycles. The minimum atomic E-state index is -0.774. The van der Waals surface area contributed by atoms with Crippen LogP contribution in [0.3, 0.4) is 0 Å². The molecule has 2 aliphatic rings. The first kappa shape index (κ1) is 16.9. The Bertz CT molecular complexity index is 622. The van der Waals surface area contributed by atoms with Crippen molar-refractivity contribution in [3.05, 3.63) is 35.6 Å². The number of piperidine rings is 1. The lowest BCUT2D eigenvalue weighted by atomic mass is 9.76. The highest BCUT2D eigenvalue weighted by molar-refractivity contribution is 5.89. The summed E-state index contributed by atoms with van der Waals surface area (Å²) in [7, 11) is 0. The van der Waals surface area contributed by atoms with Crippen molar-refractivity contribution in [2.45, 2.75) is 44.4 Å². The third kappa shape index (κ3) is 2.92. The number of aliphatic carboxylic acids is 1. The van der Waals surface area contributed by atoms with Gasteiger partial charge in [0.25, 0.3) is 0 Å². The fourth-order valence-electron chi connectivity index (χ4n) is 4.37. The normalized spacial score (nSPS) is 26.3. The minimum absolute atomic E-state index is 0.0492. The molecule has 130 valence electrons. The number of rotatable bonds is 3. The molecule has 1 saturated heterocycles. The van der Waals surface area contributed by atoms with E-state index >= 15 is 0 Å². The highest BCUT2D eigenvalue weighted by Gasteiger charge is 2.46. The number of likely N-dealkylation sites (tertiary alicyclic amines) is 1. The second kappa shape index (κ2) is 6.54. The van der Waals surface area contributed by atoms with Crippen molar-refractivity contribution in [2.24, 2.45) is 11.8 Å². The summed E-state index contributed by atoms with van der Waals surface area (Å²) in [5, 5.41) is 9.26. The van der Waals surface area contributed by atoms with Gasteiger partial charge in [-0.05, 0) is 42.9 Å². The Labute approximate surface area is 141 Å². The average Bonchev–Trinajstić information content (AvgIpc) is 3.05. The van der Waals surface area contributed by atoms with Crippen molar-refractivity contribution >= 4 is 11.9 Å². The van der Waals surface area contributed by atoms with E-state index in [1.165, 1.54) is 12.1 Å². The van der Waals surface area contributed by atoms with Gasteiger partial charge >= 0.3 is 5.97 Å². The molecule has 1 aromatic rings. The second-order valence-electron chi connectivity index (χ2n) is 7.26. The lowest BCUT2D eigenvalue weighted by molar-refractivity contribution is -0.150. The van der Waals surface area contributed by atoms with Gasteiger partial charge in [-0.15, -0.1) is 0 Å². The third-order valence-electron chi connectivity index (χ3n) is 5.77. The monoisotopic (exact) mass is 333 g/mol. The van der Waals surface area contributed by atoms with Crippen molar-refractivity contribution in [2.75, 3.05) is 13.1 Å². The fourth-order valence-corrected chi connectivity index (χ4v) is 4.37. The summed E-state index contributed by atoms with van der Waals surface area (Å²) in [6.45, 7) is 2.87. The smallest absolute Gasteiger partial charge is 0.306 e. The molecule has 4 nitrogen and oxygen atoms in total. The quantitative estimate of drug-likeness (QED) is 0.924. The number of carboxylic acids is 1. The van der Waals surface area contributed by atoms with Crippen LogP contribution in [0.15, 0.2) is 24.3 Å². The van der Waals surface area contributed by atoms with Gasteiger partial charge < -0.3 is 10.0 Å². The van der Waals surface area contributed by atoms with Crippen molar-refractivity contribution in [1.82, 2.24) is 4.90 Å². The van der Waals surface area contributed by atoms with Crippen molar-refractivity contribution in [3.8, 4) is 0 Å². The maximum Gasteiger partial charge on any atom is 0.306 e. The molecule has 24 heavy (non-hydrogen) atoms. The third-order valence-corrected chi connectivity index (χ3v) is 5.77. The van der Waals surface area contributed by atoms with E-state index in [0.717, 1.165) is 31.2 Å². The molecule has 2 unspecified atom stereocenters. The van der Waals surface area contributed by atoms with Crippen molar-refractivity contribution in [3.63, 3.8) is 0 Å². The highest BCUT2D eigenvalue weighted by atomic mass is 19.1. The molecular formula is C19H24FNO3. The molecule has 1 aromatic carbocycles. The first-order valence-corrected chi connectivity index (χ1v) is 8.72. The SMILES string of the molecule is CC1CN(C(=O)C2(c3ccc(F)cc3)CCCC2)CCC1C(=O)O. The number of carbonyl (C=O) groups is 2. The molecule has 0 bridgehead atoms. The van der Waals surface area contributed by atoms with Gasteiger partial charge in [-0.1, -0.05) is 31.9 Å². The Hall–Kier alpha value is -1.91. The predicted molar refractivity (Wildman–Crippen MR) is 88.0 cm³/mol. The van der Waals surface area contributed by atoms with E-state index in [2.05, 4.69) is 0 Å². The fraction of sp³-hybridized carbons (Fsp3) is 0.579. The summed E-state index contributed by atoms with van der Waals surface area (Å²) in [5.74, 6) is -1.41. The van der Waals surface area contributed by atoms with E-state index in [0.29, 0.717) is 19.5 Å². The molecule has 0 spiro atoms. The standard InChI is InChI=1S/C19H24FNO3/c1-13-12-21(11-8-16(13)17(22)23)18(24)19(9-2-3-10-19)14-4-6-15(20)7-5-14/h4-7,13,16H,2-3,8-12H2,1H3,(H,22,23). The molecule has 5 heteroatoms. The van der Waals surface area contributed by atoms with E-state index in [-0.39, 0.29) is 23.6 Å². The van der Waals surface area contributed by atoms with E-state index in [1.807, 2.05) is 11.8 Å². The summed E-state index contributed by atoms with van der Waals surface area (Å²) in [6.07, 6.45) is 4.05. The van der Waals surface area contributed by atoms with Crippen LogP contribution in [-0.2, 0) is 15.0 Å². The summed E-state index contributed by atoms with van der Waals surface area (Å²) in [5.41, 5.74) is 0.322. The van der Waals surface area contributed by atoms with Crippen LogP contribution in [-0.4, -0.2) is 35.0 Å². The highest BCUT2D eigenvalue weighted by Crippen LogP contribution is 2.43. The van der Waals surface area contributed by atoms with Crippen LogP contribution in [0, 0.1) is 17.7 Å². The first-order chi connectivity index (χ1) is 11.4. The number of carboxylic acid groups (broad SMARTS) is 1. The lowest BCUT2D eigenvalue weighted by Gasteiger charge is -2.40. The lowest BCUT2D eigenvalue weighted by Crippen LogP contribution is -2.51. The minimum Gasteiger partial charge on any atom is -0.481 e. The van der Waals surface area contributed by atoms with Gasteiger partial charge in [0.2, 0.25) is 5.91 Å². The Kier molecular flexibility index (Phi) is 4.61. The van der Waals surface area contributed by atoms with Gasteiger partial charge in [0, 0.05) is 13.1 Å². The number of benzene rings is 1. The molecular weight excluding hydrogens is 309 g/mol. The maximum absolute atomic E-state index is 13.3. The predicted octanol–water partition coefficient (Wildman–Crippen LogP) is 3.21. The van der Waals surface area contributed by atoms with Crippen LogP contribution >= 0.6 is 0 Å². The zero-order valence-electron chi connectivity index (χ0n) is 14.0. The zero-order valence-corrected chi connectivity index (χ0v) is 14.0.